The van der Waals surface area contributed by atoms with Crippen molar-refractivity contribution in [2.75, 3.05) is 4.90 Å². The Morgan fingerprint density at radius 1 is 0.765 bits per heavy atom. The average Bonchev–Trinajstić information content (AvgIpc) is 3.56. The number of hydrogen-bond donors (Lipinski definition) is 0. The predicted octanol–water partition coefficient (Wildman–Crippen LogP) is 6.75. The Morgan fingerprint density at radius 3 is 2.41 bits per heavy atom. The number of anilines is 3. The number of fused-ring (bicyclic) bond motifs is 1. The van der Waals surface area contributed by atoms with Gasteiger partial charge >= 0.3 is 21.1 Å². The number of para-hydroxylation sites is 3. The molecule has 0 aliphatic carbocycles. The number of hydrogen-bond acceptors (Lipinski definition) is 4. The molecule has 0 radical (unpaired) electrons. The zero-order valence-electron chi connectivity index (χ0n) is 17.9. The molecule has 0 N–H and O–H groups in total. The molecule has 6 rings (SSSR count). The van der Waals surface area contributed by atoms with Crippen molar-refractivity contribution >= 4 is 28.3 Å². The van der Waals surface area contributed by atoms with E-state index in [4.69, 9.17) is 9.40 Å². The summed E-state index contributed by atoms with van der Waals surface area (Å²) >= 11 is 0. The molecule has 0 unspecified atom stereocenters. The van der Waals surface area contributed by atoms with E-state index >= 15 is 0 Å². The first-order valence-electron chi connectivity index (χ1n) is 10.6. The van der Waals surface area contributed by atoms with Crippen molar-refractivity contribution in [1.82, 2.24) is 14.5 Å². The van der Waals surface area contributed by atoms with Gasteiger partial charge in [-0.25, -0.2) is 9.97 Å². The maximum absolute atomic E-state index is 5.96. The Labute approximate surface area is 211 Å². The third kappa shape index (κ3) is 4.18. The zero-order valence-corrected chi connectivity index (χ0v) is 20.2. The molecule has 3 heterocycles. The second kappa shape index (κ2) is 9.50. The largest absolute Gasteiger partial charge is 2.00 e. The molecule has 0 saturated heterocycles. The van der Waals surface area contributed by atoms with Crippen LogP contribution >= 0.6 is 0 Å². The Hall–Kier alpha value is -3.95. The first kappa shape index (κ1) is 21.9. The fourth-order valence-corrected chi connectivity index (χ4v) is 3.78. The van der Waals surface area contributed by atoms with Crippen molar-refractivity contribution in [3.63, 3.8) is 0 Å². The van der Waals surface area contributed by atoms with Gasteiger partial charge in [0.25, 0.3) is 0 Å². The van der Waals surface area contributed by atoms with Gasteiger partial charge in [-0.05, 0) is 36.4 Å². The number of oxazole rings is 1. The number of aromatic nitrogens is 3. The molecular formula is C28H18N4OPt. The van der Waals surface area contributed by atoms with Crippen molar-refractivity contribution in [3.8, 4) is 17.3 Å². The van der Waals surface area contributed by atoms with Gasteiger partial charge in [-0.1, -0.05) is 48.3 Å². The molecule has 0 aliphatic heterocycles. The summed E-state index contributed by atoms with van der Waals surface area (Å²) in [6.07, 6.45) is 5.13. The summed E-state index contributed by atoms with van der Waals surface area (Å²) in [5.74, 6) is 1.23. The van der Waals surface area contributed by atoms with Crippen molar-refractivity contribution < 1.29 is 25.5 Å². The molecule has 0 saturated carbocycles. The molecule has 6 heteroatoms. The van der Waals surface area contributed by atoms with Crippen LogP contribution in [0.1, 0.15) is 0 Å². The van der Waals surface area contributed by atoms with Gasteiger partial charge in [-0.3, -0.25) is 0 Å². The second-order valence-electron chi connectivity index (χ2n) is 7.47. The standard InChI is InChI=1S/C28H18N4O.Pt/c1-2-10-21(11-3-1)32(23-13-8-12-22(20-23)31-18-6-7-19-31)27-17-9-15-25(29-27)28-30-24-14-4-5-16-26(24)33-28;/h1-18H;/q-2;+2. The van der Waals surface area contributed by atoms with E-state index in [1.165, 1.54) is 0 Å². The maximum atomic E-state index is 5.96. The van der Waals surface area contributed by atoms with E-state index < -0.39 is 0 Å². The summed E-state index contributed by atoms with van der Waals surface area (Å²) in [7, 11) is 0. The van der Waals surface area contributed by atoms with Crippen molar-refractivity contribution in [1.29, 1.82) is 0 Å². The summed E-state index contributed by atoms with van der Waals surface area (Å²) in [6.45, 7) is 0. The van der Waals surface area contributed by atoms with Gasteiger partial charge < -0.3 is 13.9 Å². The summed E-state index contributed by atoms with van der Waals surface area (Å²) in [5.41, 5.74) is 4.95. The zero-order chi connectivity index (χ0) is 22.0. The molecule has 3 aromatic carbocycles. The van der Waals surface area contributed by atoms with Gasteiger partial charge in [-0.2, -0.15) is 30.0 Å². The first-order chi connectivity index (χ1) is 16.3. The normalized spacial score (nSPS) is 10.7. The average molecular weight is 622 g/mol. The van der Waals surface area contributed by atoms with Crippen molar-refractivity contribution in [2.24, 2.45) is 0 Å². The molecule has 0 amide bonds. The number of nitrogens with zero attached hydrogens (tertiary/aromatic N) is 4. The summed E-state index contributed by atoms with van der Waals surface area (Å²) in [6, 6.07) is 37.0. The van der Waals surface area contributed by atoms with Gasteiger partial charge in [0, 0.05) is 5.69 Å². The molecule has 0 spiro atoms. The predicted molar refractivity (Wildman–Crippen MR) is 129 cm³/mol. The van der Waals surface area contributed by atoms with Crippen LogP contribution in [0.25, 0.3) is 28.4 Å². The van der Waals surface area contributed by atoms with Gasteiger partial charge in [-0.15, -0.1) is 18.3 Å². The Kier molecular flexibility index (Phi) is 6.11. The summed E-state index contributed by atoms with van der Waals surface area (Å²) in [4.78, 5) is 11.6. The summed E-state index contributed by atoms with van der Waals surface area (Å²) in [5, 5.41) is 0. The Bertz CT molecular complexity index is 1490. The third-order valence-electron chi connectivity index (χ3n) is 5.30. The van der Waals surface area contributed by atoms with Crippen LogP contribution in [0, 0.1) is 12.3 Å². The van der Waals surface area contributed by atoms with Crippen LogP contribution < -0.4 is 4.90 Å². The minimum absolute atomic E-state index is 0. The van der Waals surface area contributed by atoms with Crippen LogP contribution in [0.15, 0.2) is 114 Å². The van der Waals surface area contributed by atoms with E-state index in [9.17, 15) is 0 Å². The van der Waals surface area contributed by atoms with Crippen molar-refractivity contribution in [3.05, 3.63) is 122 Å². The van der Waals surface area contributed by atoms with Crippen LogP contribution in [0.4, 0.5) is 17.2 Å². The smallest absolute Gasteiger partial charge is 0.471 e. The van der Waals surface area contributed by atoms with Gasteiger partial charge in [0.2, 0.25) is 5.89 Å². The Morgan fingerprint density at radius 2 is 1.59 bits per heavy atom. The quantitative estimate of drug-likeness (QED) is 0.200. The van der Waals surface area contributed by atoms with E-state index in [0.717, 1.165) is 34.0 Å². The number of benzene rings is 3. The van der Waals surface area contributed by atoms with E-state index in [-0.39, 0.29) is 21.1 Å². The fourth-order valence-electron chi connectivity index (χ4n) is 3.78. The molecular weight excluding hydrogens is 603 g/mol. The Balaban J connectivity index is 0.00000241. The fraction of sp³-hybridized carbons (Fsp3) is 0. The van der Waals surface area contributed by atoms with E-state index in [1.807, 2.05) is 102 Å². The SMILES string of the molecule is [Pt+2].[c-]1c(N(c2ccccc2)c2cccc(-c3nc4ccccc4o3)n2)cccc1-n1[c-]ccc1. The van der Waals surface area contributed by atoms with Crippen molar-refractivity contribution in [2.45, 2.75) is 0 Å². The topological polar surface area (TPSA) is 47.1 Å². The van der Waals surface area contributed by atoms with Crippen LogP contribution in [0.3, 0.4) is 0 Å². The van der Waals surface area contributed by atoms with E-state index in [1.54, 1.807) is 0 Å². The molecule has 5 nitrogen and oxygen atoms in total. The van der Waals surface area contributed by atoms with Gasteiger partial charge in [0.15, 0.2) is 5.58 Å². The van der Waals surface area contributed by atoms with E-state index in [2.05, 4.69) is 34.3 Å². The molecule has 0 fully saturated rings. The molecule has 166 valence electrons. The van der Waals surface area contributed by atoms with Crippen LogP contribution in [-0.4, -0.2) is 14.5 Å². The maximum Gasteiger partial charge on any atom is 2.00 e. The summed E-state index contributed by atoms with van der Waals surface area (Å²) < 4.78 is 7.87. The minimum atomic E-state index is 0. The molecule has 0 bridgehead atoms. The monoisotopic (exact) mass is 621 g/mol. The van der Waals surface area contributed by atoms with E-state index in [0.29, 0.717) is 11.6 Å². The van der Waals surface area contributed by atoms with Crippen LogP contribution in [0.5, 0.6) is 0 Å². The third-order valence-corrected chi connectivity index (χ3v) is 5.30. The molecule has 6 aromatic rings. The first-order valence-corrected chi connectivity index (χ1v) is 10.6. The van der Waals surface area contributed by atoms with Gasteiger partial charge in [0.05, 0.1) is 0 Å². The number of rotatable bonds is 5. The minimum Gasteiger partial charge on any atom is -0.471 e. The van der Waals surface area contributed by atoms with Crippen LogP contribution in [0.2, 0.25) is 0 Å². The van der Waals surface area contributed by atoms with Crippen LogP contribution in [-0.2, 0) is 21.1 Å². The second-order valence-corrected chi connectivity index (χ2v) is 7.47. The van der Waals surface area contributed by atoms with Gasteiger partial charge in [0.1, 0.15) is 17.0 Å². The molecule has 34 heavy (non-hydrogen) atoms. The molecule has 3 aromatic heterocycles. The molecule has 0 atom stereocenters. The number of pyridine rings is 1. The molecule has 0 aliphatic rings.